The Kier molecular flexibility index (Phi) is 4.53. The highest BCUT2D eigenvalue weighted by molar-refractivity contribution is 5.94. The summed E-state index contributed by atoms with van der Waals surface area (Å²) in [4.78, 5) is 12.4. The van der Waals surface area contributed by atoms with Gasteiger partial charge >= 0.3 is 0 Å². The lowest BCUT2D eigenvalue weighted by Crippen LogP contribution is -2.38. The number of aromatic nitrogens is 4. The van der Waals surface area contributed by atoms with Gasteiger partial charge in [0, 0.05) is 5.56 Å². The quantitative estimate of drug-likeness (QED) is 0.732. The zero-order valence-electron chi connectivity index (χ0n) is 13.4. The monoisotopic (exact) mass is 341 g/mol. The van der Waals surface area contributed by atoms with E-state index in [1.807, 2.05) is 0 Å². The zero-order valence-corrected chi connectivity index (χ0v) is 13.4. The summed E-state index contributed by atoms with van der Waals surface area (Å²) in [6, 6.07) is 12.3. The van der Waals surface area contributed by atoms with Crippen molar-refractivity contribution in [1.29, 1.82) is 0 Å². The summed E-state index contributed by atoms with van der Waals surface area (Å²) in [6.07, 6.45) is 1.43. The standard InChI is InChI=1S/C17H16FN5O2/c1-17(25,13-5-7-14(18)8-6-13)10-19-16(24)12-3-2-4-15(9-12)23-11-20-21-22-23/h2-9,11,25H,10H2,1H3,(H,19,24). The van der Waals surface area contributed by atoms with Crippen LogP contribution in [-0.2, 0) is 5.60 Å². The fourth-order valence-electron chi connectivity index (χ4n) is 2.33. The first kappa shape index (κ1) is 16.7. The Morgan fingerprint density at radius 1 is 1.28 bits per heavy atom. The second kappa shape index (κ2) is 6.78. The molecule has 0 saturated heterocycles. The highest BCUT2D eigenvalue weighted by Crippen LogP contribution is 2.20. The van der Waals surface area contributed by atoms with Gasteiger partial charge in [0.25, 0.3) is 5.91 Å². The highest BCUT2D eigenvalue weighted by atomic mass is 19.1. The fraction of sp³-hybridized carbons (Fsp3) is 0.176. The lowest BCUT2D eigenvalue weighted by Gasteiger charge is -2.24. The Morgan fingerprint density at radius 2 is 2.04 bits per heavy atom. The van der Waals surface area contributed by atoms with E-state index in [4.69, 9.17) is 0 Å². The maximum atomic E-state index is 13.0. The topological polar surface area (TPSA) is 92.9 Å². The molecule has 2 aromatic carbocycles. The van der Waals surface area contributed by atoms with Crippen LogP contribution in [0.15, 0.2) is 54.9 Å². The number of rotatable bonds is 5. The molecule has 1 unspecified atom stereocenters. The number of carbonyl (C=O) groups excluding carboxylic acids is 1. The number of aliphatic hydroxyl groups is 1. The molecule has 3 aromatic rings. The molecule has 0 aliphatic rings. The molecule has 0 saturated carbocycles. The van der Waals surface area contributed by atoms with E-state index in [9.17, 15) is 14.3 Å². The number of nitrogens with one attached hydrogen (secondary N) is 1. The normalized spacial score (nSPS) is 13.2. The first-order valence-corrected chi connectivity index (χ1v) is 7.56. The van der Waals surface area contributed by atoms with E-state index in [0.717, 1.165) is 0 Å². The number of halogens is 1. The summed E-state index contributed by atoms with van der Waals surface area (Å²) in [7, 11) is 0. The first-order chi connectivity index (χ1) is 12.0. The zero-order chi connectivity index (χ0) is 17.9. The minimum atomic E-state index is -1.32. The number of nitrogens with zero attached hydrogens (tertiary/aromatic N) is 4. The summed E-state index contributed by atoms with van der Waals surface area (Å²) in [5.74, 6) is -0.736. The summed E-state index contributed by atoms with van der Waals surface area (Å²) >= 11 is 0. The van der Waals surface area contributed by atoms with Crippen molar-refractivity contribution < 1.29 is 14.3 Å². The highest BCUT2D eigenvalue weighted by Gasteiger charge is 2.24. The van der Waals surface area contributed by atoms with Gasteiger partial charge in [-0.2, -0.15) is 0 Å². The predicted molar refractivity (Wildman–Crippen MR) is 87.5 cm³/mol. The van der Waals surface area contributed by atoms with Gasteiger partial charge in [0.05, 0.1) is 12.2 Å². The predicted octanol–water partition coefficient (Wildman–Crippen LogP) is 1.44. The van der Waals surface area contributed by atoms with E-state index in [0.29, 0.717) is 16.8 Å². The minimum absolute atomic E-state index is 0.0213. The van der Waals surface area contributed by atoms with Gasteiger partial charge in [0.1, 0.15) is 17.7 Å². The van der Waals surface area contributed by atoms with Crippen molar-refractivity contribution in [1.82, 2.24) is 25.5 Å². The van der Waals surface area contributed by atoms with Gasteiger partial charge in [-0.25, -0.2) is 9.07 Å². The molecule has 3 rings (SSSR count). The number of carbonyl (C=O) groups is 1. The van der Waals surface area contributed by atoms with Crippen molar-refractivity contribution in [3.8, 4) is 5.69 Å². The van der Waals surface area contributed by atoms with Crippen molar-refractivity contribution in [2.75, 3.05) is 6.54 Å². The van der Waals surface area contributed by atoms with Gasteiger partial charge in [0.2, 0.25) is 0 Å². The average Bonchev–Trinajstić information content (AvgIpc) is 3.15. The Labute approximate surface area is 143 Å². The Morgan fingerprint density at radius 3 is 2.72 bits per heavy atom. The van der Waals surface area contributed by atoms with Gasteiger partial charge in [-0.1, -0.05) is 18.2 Å². The van der Waals surface area contributed by atoms with E-state index in [-0.39, 0.29) is 18.3 Å². The Balaban J connectivity index is 1.70. The molecule has 0 aliphatic heterocycles. The van der Waals surface area contributed by atoms with Crippen molar-refractivity contribution in [3.63, 3.8) is 0 Å². The van der Waals surface area contributed by atoms with Crippen molar-refractivity contribution in [2.45, 2.75) is 12.5 Å². The molecule has 0 aliphatic carbocycles. The van der Waals surface area contributed by atoms with Crippen molar-refractivity contribution in [3.05, 3.63) is 71.8 Å². The van der Waals surface area contributed by atoms with Gasteiger partial charge in [-0.05, 0) is 53.2 Å². The second-order valence-electron chi connectivity index (χ2n) is 5.77. The molecule has 1 aromatic heterocycles. The summed E-state index contributed by atoms with van der Waals surface area (Å²) in [5, 5.41) is 24.1. The molecule has 128 valence electrons. The molecule has 0 spiro atoms. The smallest absolute Gasteiger partial charge is 0.251 e. The third-order valence-corrected chi connectivity index (χ3v) is 3.78. The maximum Gasteiger partial charge on any atom is 0.251 e. The molecule has 0 bridgehead atoms. The SMILES string of the molecule is CC(O)(CNC(=O)c1cccc(-n2cnnn2)c1)c1ccc(F)cc1. The van der Waals surface area contributed by atoms with E-state index in [1.165, 1.54) is 35.3 Å². The third-order valence-electron chi connectivity index (χ3n) is 3.78. The van der Waals surface area contributed by atoms with Crippen molar-refractivity contribution in [2.24, 2.45) is 0 Å². The summed E-state index contributed by atoms with van der Waals surface area (Å²) in [6.45, 7) is 1.53. The number of benzene rings is 2. The number of amides is 1. The molecule has 2 N–H and O–H groups in total. The van der Waals surface area contributed by atoms with Gasteiger partial charge in [0.15, 0.2) is 0 Å². The lowest BCUT2D eigenvalue weighted by atomic mass is 9.96. The summed E-state index contributed by atoms with van der Waals surface area (Å²) < 4.78 is 14.4. The molecule has 8 heteroatoms. The van der Waals surface area contributed by atoms with Crippen LogP contribution in [0.25, 0.3) is 5.69 Å². The van der Waals surface area contributed by atoms with E-state index >= 15 is 0 Å². The molecule has 1 atom stereocenters. The lowest BCUT2D eigenvalue weighted by molar-refractivity contribution is 0.0526. The van der Waals surface area contributed by atoms with Crippen LogP contribution >= 0.6 is 0 Å². The minimum Gasteiger partial charge on any atom is -0.384 e. The molecule has 25 heavy (non-hydrogen) atoms. The fourth-order valence-corrected chi connectivity index (χ4v) is 2.33. The first-order valence-electron chi connectivity index (χ1n) is 7.56. The van der Waals surface area contributed by atoms with Crippen LogP contribution in [0.2, 0.25) is 0 Å². The van der Waals surface area contributed by atoms with Crippen LogP contribution in [0.5, 0.6) is 0 Å². The third kappa shape index (κ3) is 3.86. The van der Waals surface area contributed by atoms with Crippen molar-refractivity contribution >= 4 is 5.91 Å². The largest absolute Gasteiger partial charge is 0.384 e. The molecule has 7 nitrogen and oxygen atoms in total. The Hall–Kier alpha value is -3.13. The van der Waals surface area contributed by atoms with Crippen LogP contribution in [0.1, 0.15) is 22.8 Å². The molecular formula is C17H16FN5O2. The second-order valence-corrected chi connectivity index (χ2v) is 5.77. The maximum absolute atomic E-state index is 13.0. The molecule has 0 fully saturated rings. The number of hydrogen-bond acceptors (Lipinski definition) is 5. The van der Waals surface area contributed by atoms with Gasteiger partial charge in [-0.15, -0.1) is 5.10 Å². The van der Waals surface area contributed by atoms with E-state index in [2.05, 4.69) is 20.8 Å². The van der Waals surface area contributed by atoms with Gasteiger partial charge in [-0.3, -0.25) is 4.79 Å². The molecule has 1 heterocycles. The van der Waals surface area contributed by atoms with Crippen LogP contribution in [0.3, 0.4) is 0 Å². The van der Waals surface area contributed by atoms with E-state index < -0.39 is 5.60 Å². The van der Waals surface area contributed by atoms with Crippen LogP contribution in [-0.4, -0.2) is 37.8 Å². The Bertz CT molecular complexity index is 863. The molecular weight excluding hydrogens is 325 g/mol. The van der Waals surface area contributed by atoms with E-state index in [1.54, 1.807) is 31.2 Å². The molecule has 0 radical (unpaired) electrons. The molecule has 1 amide bonds. The van der Waals surface area contributed by atoms with Crippen LogP contribution < -0.4 is 5.32 Å². The number of hydrogen-bond donors (Lipinski definition) is 2. The van der Waals surface area contributed by atoms with Crippen LogP contribution in [0, 0.1) is 5.82 Å². The van der Waals surface area contributed by atoms with Crippen LogP contribution in [0.4, 0.5) is 4.39 Å². The summed E-state index contributed by atoms with van der Waals surface area (Å²) in [5.41, 5.74) is 0.235. The van der Waals surface area contributed by atoms with Gasteiger partial charge < -0.3 is 10.4 Å². The average molecular weight is 341 g/mol. The number of tetrazole rings is 1.